The molecule has 1 aliphatic heterocycles. The number of nitrogens with zero attached hydrogens (tertiary/aromatic N) is 4. The van der Waals surface area contributed by atoms with Crippen molar-refractivity contribution in [3.05, 3.63) is 47.9 Å². The van der Waals surface area contributed by atoms with Gasteiger partial charge in [0.25, 0.3) is 5.91 Å². The SMILES string of the molecule is COCCNC(=O)c1cnc(N2CCN(c3cccc(C)c3)CC2)cn1. The molecule has 2 aromatic rings. The van der Waals surface area contributed by atoms with E-state index in [-0.39, 0.29) is 5.91 Å². The predicted molar refractivity (Wildman–Crippen MR) is 102 cm³/mol. The summed E-state index contributed by atoms with van der Waals surface area (Å²) in [7, 11) is 1.60. The van der Waals surface area contributed by atoms with E-state index in [0.29, 0.717) is 18.8 Å². The second kappa shape index (κ2) is 8.62. The number of piperazine rings is 1. The molecule has 26 heavy (non-hydrogen) atoms. The molecule has 0 spiro atoms. The van der Waals surface area contributed by atoms with Crippen molar-refractivity contribution < 1.29 is 9.53 Å². The van der Waals surface area contributed by atoms with E-state index in [4.69, 9.17) is 4.74 Å². The van der Waals surface area contributed by atoms with Gasteiger partial charge in [-0.05, 0) is 24.6 Å². The Kier molecular flexibility index (Phi) is 6.01. The molecule has 1 aromatic carbocycles. The number of aromatic nitrogens is 2. The van der Waals surface area contributed by atoms with Gasteiger partial charge in [0.15, 0.2) is 0 Å². The number of benzene rings is 1. The summed E-state index contributed by atoms with van der Waals surface area (Å²) < 4.78 is 4.91. The summed E-state index contributed by atoms with van der Waals surface area (Å²) in [6.07, 6.45) is 3.21. The van der Waals surface area contributed by atoms with Crippen LogP contribution in [0.5, 0.6) is 0 Å². The van der Waals surface area contributed by atoms with Crippen molar-refractivity contribution in [1.29, 1.82) is 0 Å². The molecule has 2 heterocycles. The minimum absolute atomic E-state index is 0.231. The van der Waals surface area contributed by atoms with Gasteiger partial charge < -0.3 is 19.9 Å². The van der Waals surface area contributed by atoms with E-state index >= 15 is 0 Å². The molecule has 0 saturated carbocycles. The number of hydrogen-bond acceptors (Lipinski definition) is 6. The van der Waals surface area contributed by atoms with Crippen LogP contribution >= 0.6 is 0 Å². The van der Waals surface area contributed by atoms with Crippen LogP contribution in [0.15, 0.2) is 36.7 Å². The number of carbonyl (C=O) groups is 1. The second-order valence-corrected chi connectivity index (χ2v) is 6.32. The van der Waals surface area contributed by atoms with Gasteiger partial charge in [0.2, 0.25) is 0 Å². The van der Waals surface area contributed by atoms with Crippen LogP contribution in [0.2, 0.25) is 0 Å². The van der Waals surface area contributed by atoms with Crippen LogP contribution in [0.25, 0.3) is 0 Å². The maximum atomic E-state index is 11.9. The molecule has 0 aliphatic carbocycles. The zero-order chi connectivity index (χ0) is 18.4. The second-order valence-electron chi connectivity index (χ2n) is 6.32. The highest BCUT2D eigenvalue weighted by molar-refractivity contribution is 5.92. The Morgan fingerprint density at radius 3 is 2.58 bits per heavy atom. The van der Waals surface area contributed by atoms with Crippen LogP contribution < -0.4 is 15.1 Å². The van der Waals surface area contributed by atoms with Gasteiger partial charge in [0, 0.05) is 45.5 Å². The van der Waals surface area contributed by atoms with Gasteiger partial charge in [-0.15, -0.1) is 0 Å². The van der Waals surface area contributed by atoms with Gasteiger partial charge in [-0.3, -0.25) is 4.79 Å². The molecule has 0 unspecified atom stereocenters. The van der Waals surface area contributed by atoms with Crippen molar-refractivity contribution in [2.75, 3.05) is 56.2 Å². The predicted octanol–water partition coefficient (Wildman–Crippen LogP) is 1.49. The van der Waals surface area contributed by atoms with E-state index in [1.807, 2.05) is 0 Å². The lowest BCUT2D eigenvalue weighted by Crippen LogP contribution is -2.47. The third-order valence-electron chi connectivity index (χ3n) is 4.43. The minimum atomic E-state index is -0.231. The number of ether oxygens (including phenoxy) is 1. The zero-order valence-corrected chi connectivity index (χ0v) is 15.3. The Labute approximate surface area is 154 Å². The fourth-order valence-corrected chi connectivity index (χ4v) is 2.98. The number of methoxy groups -OCH3 is 1. The van der Waals surface area contributed by atoms with Crippen LogP contribution in [0.3, 0.4) is 0 Å². The normalized spacial score (nSPS) is 14.4. The summed E-state index contributed by atoms with van der Waals surface area (Å²) >= 11 is 0. The third-order valence-corrected chi connectivity index (χ3v) is 4.43. The lowest BCUT2D eigenvalue weighted by molar-refractivity contribution is 0.0931. The first kappa shape index (κ1) is 18.1. The Hall–Kier alpha value is -2.67. The molecule has 1 fully saturated rings. The van der Waals surface area contributed by atoms with Crippen LogP contribution in [-0.2, 0) is 4.74 Å². The van der Waals surface area contributed by atoms with Gasteiger partial charge >= 0.3 is 0 Å². The Morgan fingerprint density at radius 2 is 1.92 bits per heavy atom. The maximum absolute atomic E-state index is 11.9. The summed E-state index contributed by atoms with van der Waals surface area (Å²) in [5.74, 6) is 0.577. The molecule has 1 saturated heterocycles. The number of hydrogen-bond donors (Lipinski definition) is 1. The van der Waals surface area contributed by atoms with Crippen molar-refractivity contribution in [2.45, 2.75) is 6.92 Å². The molecule has 0 atom stereocenters. The first-order valence-corrected chi connectivity index (χ1v) is 8.83. The van der Waals surface area contributed by atoms with Gasteiger partial charge in [-0.2, -0.15) is 0 Å². The fraction of sp³-hybridized carbons (Fsp3) is 0.421. The number of nitrogens with one attached hydrogen (secondary N) is 1. The quantitative estimate of drug-likeness (QED) is 0.792. The number of rotatable bonds is 6. The van der Waals surface area contributed by atoms with Crippen LogP contribution in [0.4, 0.5) is 11.5 Å². The zero-order valence-electron chi connectivity index (χ0n) is 15.3. The van der Waals surface area contributed by atoms with Crippen LogP contribution in [-0.4, -0.2) is 62.3 Å². The van der Waals surface area contributed by atoms with Crippen molar-refractivity contribution >= 4 is 17.4 Å². The number of amides is 1. The molecule has 1 amide bonds. The maximum Gasteiger partial charge on any atom is 0.271 e. The standard InChI is InChI=1S/C19H25N5O2/c1-15-4-3-5-16(12-15)23-7-9-24(10-8-23)18-14-21-17(13-22-18)19(25)20-6-11-26-2/h3-5,12-14H,6-11H2,1-2H3,(H,20,25). The first-order valence-electron chi connectivity index (χ1n) is 8.83. The van der Waals surface area contributed by atoms with Gasteiger partial charge in [0.05, 0.1) is 19.0 Å². The highest BCUT2D eigenvalue weighted by Gasteiger charge is 2.19. The lowest BCUT2D eigenvalue weighted by atomic mass is 10.2. The molecular weight excluding hydrogens is 330 g/mol. The number of anilines is 2. The monoisotopic (exact) mass is 355 g/mol. The smallest absolute Gasteiger partial charge is 0.271 e. The van der Waals surface area contributed by atoms with E-state index in [1.54, 1.807) is 13.3 Å². The Morgan fingerprint density at radius 1 is 1.15 bits per heavy atom. The minimum Gasteiger partial charge on any atom is -0.383 e. The van der Waals surface area contributed by atoms with E-state index in [2.05, 4.69) is 56.3 Å². The highest BCUT2D eigenvalue weighted by Crippen LogP contribution is 2.19. The summed E-state index contributed by atoms with van der Waals surface area (Å²) in [6.45, 7) is 6.67. The largest absolute Gasteiger partial charge is 0.383 e. The number of carbonyl (C=O) groups excluding carboxylic acids is 1. The average molecular weight is 355 g/mol. The molecule has 1 aliphatic rings. The summed E-state index contributed by atoms with van der Waals surface area (Å²) in [6, 6.07) is 8.58. The van der Waals surface area contributed by atoms with Crippen LogP contribution in [0, 0.1) is 6.92 Å². The highest BCUT2D eigenvalue weighted by atomic mass is 16.5. The van der Waals surface area contributed by atoms with E-state index in [1.165, 1.54) is 17.4 Å². The molecule has 1 N–H and O–H groups in total. The first-order chi connectivity index (χ1) is 12.7. The van der Waals surface area contributed by atoms with E-state index < -0.39 is 0 Å². The third kappa shape index (κ3) is 4.49. The molecular formula is C19H25N5O2. The topological polar surface area (TPSA) is 70.6 Å². The molecule has 7 nitrogen and oxygen atoms in total. The van der Waals surface area contributed by atoms with Gasteiger partial charge in [-0.1, -0.05) is 12.1 Å². The molecule has 138 valence electrons. The molecule has 0 radical (unpaired) electrons. The average Bonchev–Trinajstić information content (AvgIpc) is 2.68. The lowest BCUT2D eigenvalue weighted by Gasteiger charge is -2.36. The Bertz CT molecular complexity index is 727. The molecule has 1 aromatic heterocycles. The summed E-state index contributed by atoms with van der Waals surface area (Å²) in [5, 5.41) is 2.74. The van der Waals surface area contributed by atoms with Crippen LogP contribution in [0.1, 0.15) is 16.1 Å². The van der Waals surface area contributed by atoms with E-state index in [9.17, 15) is 4.79 Å². The Balaban J connectivity index is 1.55. The van der Waals surface area contributed by atoms with Gasteiger partial charge in [-0.25, -0.2) is 9.97 Å². The fourth-order valence-electron chi connectivity index (χ4n) is 2.98. The van der Waals surface area contributed by atoms with E-state index in [0.717, 1.165) is 32.0 Å². The van der Waals surface area contributed by atoms with Gasteiger partial charge in [0.1, 0.15) is 11.5 Å². The molecule has 3 rings (SSSR count). The molecule has 0 bridgehead atoms. The van der Waals surface area contributed by atoms with Crippen molar-refractivity contribution in [3.8, 4) is 0 Å². The summed E-state index contributed by atoms with van der Waals surface area (Å²) in [5.41, 5.74) is 2.86. The van der Waals surface area contributed by atoms with Crippen molar-refractivity contribution in [1.82, 2.24) is 15.3 Å². The summed E-state index contributed by atoms with van der Waals surface area (Å²) in [4.78, 5) is 25.2. The van der Waals surface area contributed by atoms with Crippen molar-refractivity contribution in [2.24, 2.45) is 0 Å². The number of aryl methyl sites for hydroxylation is 1. The molecule has 7 heteroatoms. The van der Waals surface area contributed by atoms with Crippen molar-refractivity contribution in [3.63, 3.8) is 0 Å².